The number of hydrogen-bond donors (Lipinski definition) is 2. The van der Waals surface area contributed by atoms with E-state index in [1.807, 2.05) is 0 Å². The van der Waals surface area contributed by atoms with Crippen LogP contribution in [0.25, 0.3) is 5.78 Å². The third-order valence-corrected chi connectivity index (χ3v) is 3.16. The number of carboxylic acids is 1. The van der Waals surface area contributed by atoms with Gasteiger partial charge in [0, 0.05) is 5.92 Å². The Bertz CT molecular complexity index is 653. The molecular formula is C10H10N4O3. The highest BCUT2D eigenvalue weighted by atomic mass is 16.4. The molecule has 3 rings (SSSR count). The molecule has 2 aromatic rings. The van der Waals surface area contributed by atoms with Gasteiger partial charge in [-0.3, -0.25) is 4.79 Å². The highest BCUT2D eigenvalue weighted by Crippen LogP contribution is 2.34. The molecular weight excluding hydrogens is 224 g/mol. The minimum atomic E-state index is -1.27. The quantitative estimate of drug-likeness (QED) is 0.782. The van der Waals surface area contributed by atoms with E-state index in [0.29, 0.717) is 11.6 Å². The van der Waals surface area contributed by atoms with Crippen molar-refractivity contribution in [1.29, 1.82) is 0 Å². The highest BCUT2D eigenvalue weighted by Gasteiger charge is 2.26. The van der Waals surface area contributed by atoms with Gasteiger partial charge in [0.05, 0.1) is 6.20 Å². The Hall–Kier alpha value is -2.18. The van der Waals surface area contributed by atoms with Crippen molar-refractivity contribution in [2.24, 2.45) is 0 Å². The third kappa shape index (κ3) is 1.35. The minimum absolute atomic E-state index is 0.229. The topological polar surface area (TPSA) is 100 Å². The van der Waals surface area contributed by atoms with Crippen molar-refractivity contribution in [3.05, 3.63) is 27.9 Å². The van der Waals surface area contributed by atoms with Crippen molar-refractivity contribution in [3.8, 4) is 0 Å². The zero-order valence-corrected chi connectivity index (χ0v) is 8.88. The van der Waals surface area contributed by atoms with E-state index in [0.717, 1.165) is 25.5 Å². The molecule has 2 heterocycles. The second kappa shape index (κ2) is 3.41. The second-order valence-electron chi connectivity index (χ2n) is 4.15. The molecule has 0 unspecified atom stereocenters. The Labute approximate surface area is 95.1 Å². The first-order valence-electron chi connectivity index (χ1n) is 5.38. The van der Waals surface area contributed by atoms with Crippen LogP contribution in [0.5, 0.6) is 0 Å². The Kier molecular flexibility index (Phi) is 2.01. The molecule has 0 bridgehead atoms. The number of aromatic carboxylic acids is 1. The highest BCUT2D eigenvalue weighted by molar-refractivity contribution is 5.86. The summed E-state index contributed by atoms with van der Waals surface area (Å²) in [4.78, 5) is 26.7. The van der Waals surface area contributed by atoms with Crippen LogP contribution in [0.2, 0.25) is 0 Å². The summed E-state index contributed by atoms with van der Waals surface area (Å²) < 4.78 is 1.27. The van der Waals surface area contributed by atoms with Crippen LogP contribution in [0.15, 0.2) is 11.0 Å². The van der Waals surface area contributed by atoms with E-state index < -0.39 is 11.5 Å². The Morgan fingerprint density at radius 1 is 1.53 bits per heavy atom. The van der Waals surface area contributed by atoms with Crippen LogP contribution >= 0.6 is 0 Å². The average Bonchev–Trinajstić information content (AvgIpc) is 2.60. The number of nitrogens with zero attached hydrogens (tertiary/aromatic N) is 3. The number of fused-ring (bicyclic) bond motifs is 1. The first-order chi connectivity index (χ1) is 8.18. The van der Waals surface area contributed by atoms with Crippen molar-refractivity contribution < 1.29 is 9.90 Å². The first-order valence-corrected chi connectivity index (χ1v) is 5.38. The zero-order valence-electron chi connectivity index (χ0n) is 8.88. The number of H-pyrrole nitrogens is 1. The molecule has 17 heavy (non-hydrogen) atoms. The number of aromatic nitrogens is 4. The van der Waals surface area contributed by atoms with Gasteiger partial charge in [0.25, 0.3) is 5.56 Å². The third-order valence-electron chi connectivity index (χ3n) is 3.16. The van der Waals surface area contributed by atoms with E-state index in [9.17, 15) is 9.59 Å². The average molecular weight is 234 g/mol. The van der Waals surface area contributed by atoms with Crippen LogP contribution in [0, 0.1) is 0 Å². The Morgan fingerprint density at radius 2 is 2.29 bits per heavy atom. The molecule has 0 atom stereocenters. The van der Waals surface area contributed by atoms with E-state index in [-0.39, 0.29) is 11.5 Å². The number of nitrogens with one attached hydrogen (secondary N) is 1. The van der Waals surface area contributed by atoms with E-state index in [4.69, 9.17) is 5.11 Å². The summed E-state index contributed by atoms with van der Waals surface area (Å²) in [6.45, 7) is 0. The molecule has 2 aromatic heterocycles. The number of rotatable bonds is 2. The van der Waals surface area contributed by atoms with Crippen molar-refractivity contribution in [2.45, 2.75) is 25.2 Å². The van der Waals surface area contributed by atoms with Crippen LogP contribution in [0.4, 0.5) is 0 Å². The number of hydrogen-bond acceptors (Lipinski definition) is 4. The van der Waals surface area contributed by atoms with Gasteiger partial charge in [0.1, 0.15) is 11.4 Å². The molecule has 88 valence electrons. The summed E-state index contributed by atoms with van der Waals surface area (Å²) in [5.74, 6) is -0.154. The lowest BCUT2D eigenvalue weighted by Crippen LogP contribution is -2.25. The summed E-state index contributed by atoms with van der Waals surface area (Å²) in [6.07, 6.45) is 4.12. The molecule has 0 spiro atoms. The van der Waals surface area contributed by atoms with Gasteiger partial charge in [0.15, 0.2) is 0 Å². The van der Waals surface area contributed by atoms with Gasteiger partial charge in [-0.05, 0) is 12.8 Å². The normalized spacial score (nSPS) is 16.0. The second-order valence-corrected chi connectivity index (χ2v) is 4.15. The van der Waals surface area contributed by atoms with E-state index in [2.05, 4.69) is 15.2 Å². The smallest absolute Gasteiger partial charge is 0.342 e. The predicted molar refractivity (Wildman–Crippen MR) is 57.2 cm³/mol. The summed E-state index contributed by atoms with van der Waals surface area (Å²) in [5, 5.41) is 15.6. The maximum absolute atomic E-state index is 12.0. The molecule has 0 radical (unpaired) electrons. The number of carboxylic acid groups (broad SMARTS) is 1. The van der Waals surface area contributed by atoms with E-state index in [1.54, 1.807) is 0 Å². The molecule has 0 aliphatic heterocycles. The molecule has 0 amide bonds. The van der Waals surface area contributed by atoms with E-state index >= 15 is 0 Å². The van der Waals surface area contributed by atoms with Crippen LogP contribution in [-0.4, -0.2) is 30.7 Å². The summed E-state index contributed by atoms with van der Waals surface area (Å²) in [6, 6.07) is 0. The van der Waals surface area contributed by atoms with Gasteiger partial charge in [-0.1, -0.05) is 6.42 Å². The fourth-order valence-electron chi connectivity index (χ4n) is 1.99. The van der Waals surface area contributed by atoms with Crippen molar-refractivity contribution >= 4 is 11.7 Å². The minimum Gasteiger partial charge on any atom is -0.477 e. The maximum Gasteiger partial charge on any atom is 0.342 e. The Morgan fingerprint density at radius 3 is 2.88 bits per heavy atom. The van der Waals surface area contributed by atoms with Gasteiger partial charge >= 0.3 is 5.97 Å². The standard InChI is InChI=1S/C10H10N4O3/c15-8-6(9(16)17)4-11-10-13-12-7(14(8)10)5-2-1-3-5/h4-5H,1-3H2,(H,11,13)(H,16,17). The molecule has 1 fully saturated rings. The van der Waals surface area contributed by atoms with Gasteiger partial charge in [-0.25, -0.2) is 19.3 Å². The van der Waals surface area contributed by atoms with Crippen molar-refractivity contribution in [2.75, 3.05) is 0 Å². The molecule has 0 aromatic carbocycles. The summed E-state index contributed by atoms with van der Waals surface area (Å²) in [7, 11) is 0. The first kappa shape index (κ1) is 10.0. The fraction of sp³-hybridized carbons (Fsp3) is 0.400. The van der Waals surface area contributed by atoms with Gasteiger partial charge in [-0.15, -0.1) is 0 Å². The predicted octanol–water partition coefficient (Wildman–Crippen LogP) is 0.383. The lowest BCUT2D eigenvalue weighted by atomic mass is 9.85. The SMILES string of the molecule is O=C(O)c1cnc2[nH]nc(C3CCC3)n2c1=O. The lowest BCUT2D eigenvalue weighted by Gasteiger charge is -2.22. The fourth-order valence-corrected chi connectivity index (χ4v) is 1.99. The number of aromatic amines is 1. The van der Waals surface area contributed by atoms with E-state index in [1.165, 1.54) is 4.40 Å². The van der Waals surface area contributed by atoms with Crippen LogP contribution < -0.4 is 5.56 Å². The zero-order chi connectivity index (χ0) is 12.0. The van der Waals surface area contributed by atoms with Gasteiger partial charge < -0.3 is 5.11 Å². The molecule has 1 aliphatic rings. The monoisotopic (exact) mass is 234 g/mol. The van der Waals surface area contributed by atoms with Crippen molar-refractivity contribution in [1.82, 2.24) is 19.6 Å². The van der Waals surface area contributed by atoms with Crippen LogP contribution in [-0.2, 0) is 0 Å². The van der Waals surface area contributed by atoms with Gasteiger partial charge in [0.2, 0.25) is 5.78 Å². The molecule has 1 aliphatic carbocycles. The summed E-state index contributed by atoms with van der Waals surface area (Å²) in [5.41, 5.74) is -0.900. The van der Waals surface area contributed by atoms with Crippen LogP contribution in [0.1, 0.15) is 41.4 Å². The summed E-state index contributed by atoms with van der Waals surface area (Å²) >= 11 is 0. The molecule has 7 heteroatoms. The van der Waals surface area contributed by atoms with Crippen LogP contribution in [0.3, 0.4) is 0 Å². The molecule has 2 N–H and O–H groups in total. The molecule has 1 saturated carbocycles. The molecule has 7 nitrogen and oxygen atoms in total. The largest absolute Gasteiger partial charge is 0.477 e. The van der Waals surface area contributed by atoms with Gasteiger partial charge in [-0.2, -0.15) is 5.10 Å². The lowest BCUT2D eigenvalue weighted by molar-refractivity contribution is 0.0694. The maximum atomic E-state index is 12.0. The molecule has 0 saturated heterocycles. The number of carbonyl (C=O) groups is 1. The van der Waals surface area contributed by atoms with Crippen molar-refractivity contribution in [3.63, 3.8) is 0 Å². The Balaban J connectivity index is 2.28.